The Labute approximate surface area is 141 Å². The van der Waals surface area contributed by atoms with E-state index in [1.54, 1.807) is 24.3 Å². The van der Waals surface area contributed by atoms with Crippen LogP contribution in [0.4, 0.5) is 4.39 Å². The standard InChI is InChI=1S/C19H11FN2O3/c20-11-7-5-10(6-8-11)15-13(9-21)18(22)25-17-12-3-1-2-4-14(12)24-19(23)16(15)17/h1-8,15H,22H2/t15-/m0/s1. The first-order valence-corrected chi connectivity index (χ1v) is 7.49. The van der Waals surface area contributed by atoms with Gasteiger partial charge >= 0.3 is 5.63 Å². The second-order valence-corrected chi connectivity index (χ2v) is 5.60. The number of benzene rings is 2. The summed E-state index contributed by atoms with van der Waals surface area (Å²) in [5, 5.41) is 10.1. The van der Waals surface area contributed by atoms with Crippen molar-refractivity contribution < 1.29 is 13.5 Å². The third-order valence-corrected chi connectivity index (χ3v) is 4.18. The molecule has 1 atom stereocenters. The van der Waals surface area contributed by atoms with Gasteiger partial charge in [0.25, 0.3) is 0 Å². The third-order valence-electron chi connectivity index (χ3n) is 4.18. The highest BCUT2D eigenvalue weighted by molar-refractivity contribution is 5.85. The number of nitrogens with two attached hydrogens (primary N) is 1. The van der Waals surface area contributed by atoms with Crippen LogP contribution in [0.5, 0.6) is 5.75 Å². The quantitative estimate of drug-likeness (QED) is 0.691. The molecule has 0 radical (unpaired) electrons. The summed E-state index contributed by atoms with van der Waals surface area (Å²) in [5.41, 5.74) is 6.48. The first-order chi connectivity index (χ1) is 12.1. The van der Waals surface area contributed by atoms with Crippen molar-refractivity contribution >= 4 is 11.0 Å². The summed E-state index contributed by atoms with van der Waals surface area (Å²) < 4.78 is 24.3. The lowest BCUT2D eigenvalue weighted by atomic mass is 9.84. The molecule has 2 N–H and O–H groups in total. The topological polar surface area (TPSA) is 89.3 Å². The van der Waals surface area contributed by atoms with Crippen LogP contribution in [0.15, 0.2) is 69.2 Å². The van der Waals surface area contributed by atoms with Gasteiger partial charge in [-0.2, -0.15) is 5.26 Å². The highest BCUT2D eigenvalue weighted by Crippen LogP contribution is 2.43. The fourth-order valence-electron chi connectivity index (χ4n) is 3.05. The summed E-state index contributed by atoms with van der Waals surface area (Å²) >= 11 is 0. The minimum Gasteiger partial charge on any atom is -0.439 e. The normalized spacial score (nSPS) is 16.2. The molecule has 3 aromatic rings. The van der Waals surface area contributed by atoms with Crippen LogP contribution in [0.3, 0.4) is 0 Å². The Morgan fingerprint density at radius 2 is 1.84 bits per heavy atom. The molecular weight excluding hydrogens is 323 g/mol. The zero-order valence-corrected chi connectivity index (χ0v) is 12.8. The smallest absolute Gasteiger partial charge is 0.344 e. The van der Waals surface area contributed by atoms with E-state index < -0.39 is 17.4 Å². The molecule has 4 rings (SSSR count). The maximum atomic E-state index is 13.3. The van der Waals surface area contributed by atoms with E-state index in [0.717, 1.165) is 0 Å². The van der Waals surface area contributed by atoms with Crippen molar-refractivity contribution in [1.29, 1.82) is 5.26 Å². The SMILES string of the molecule is N#CC1=C(N)Oc2c(c(=O)oc3ccccc23)[C@H]1c1ccc(F)cc1. The van der Waals surface area contributed by atoms with Crippen molar-refractivity contribution in [2.45, 2.75) is 5.92 Å². The lowest BCUT2D eigenvalue weighted by Gasteiger charge is -2.25. The Morgan fingerprint density at radius 1 is 1.12 bits per heavy atom. The molecule has 1 aliphatic rings. The van der Waals surface area contributed by atoms with Crippen molar-refractivity contribution in [3.05, 3.63) is 87.4 Å². The fraction of sp³-hybridized carbons (Fsp3) is 0.0526. The van der Waals surface area contributed by atoms with Crippen LogP contribution in [0, 0.1) is 17.1 Å². The molecule has 0 unspecified atom stereocenters. The first-order valence-electron chi connectivity index (χ1n) is 7.49. The maximum Gasteiger partial charge on any atom is 0.344 e. The predicted molar refractivity (Wildman–Crippen MR) is 88.2 cm³/mol. The van der Waals surface area contributed by atoms with Gasteiger partial charge in [-0.25, -0.2) is 9.18 Å². The largest absolute Gasteiger partial charge is 0.439 e. The Kier molecular flexibility index (Phi) is 3.29. The van der Waals surface area contributed by atoms with Gasteiger partial charge in [-0.1, -0.05) is 24.3 Å². The molecule has 1 aromatic heterocycles. The van der Waals surface area contributed by atoms with E-state index >= 15 is 0 Å². The number of halogens is 1. The maximum absolute atomic E-state index is 13.3. The molecule has 2 aromatic carbocycles. The number of rotatable bonds is 1. The Balaban J connectivity index is 2.08. The van der Waals surface area contributed by atoms with E-state index in [-0.39, 0.29) is 22.8 Å². The molecule has 6 heteroatoms. The van der Waals surface area contributed by atoms with Gasteiger partial charge in [-0.3, -0.25) is 0 Å². The summed E-state index contributed by atoms with van der Waals surface area (Å²) in [7, 11) is 0. The van der Waals surface area contributed by atoms with E-state index in [1.165, 1.54) is 24.3 Å². The molecule has 0 bridgehead atoms. The summed E-state index contributed by atoms with van der Waals surface area (Å²) in [6, 6.07) is 14.4. The fourth-order valence-corrected chi connectivity index (χ4v) is 3.05. The highest BCUT2D eigenvalue weighted by Gasteiger charge is 2.35. The highest BCUT2D eigenvalue weighted by atomic mass is 19.1. The van der Waals surface area contributed by atoms with Crippen molar-refractivity contribution in [3.63, 3.8) is 0 Å². The lowest BCUT2D eigenvalue weighted by Crippen LogP contribution is -2.26. The Bertz CT molecular complexity index is 1120. The van der Waals surface area contributed by atoms with Gasteiger partial charge in [0.1, 0.15) is 23.0 Å². The van der Waals surface area contributed by atoms with E-state index in [1.807, 2.05) is 6.07 Å². The van der Waals surface area contributed by atoms with E-state index in [2.05, 4.69) is 0 Å². The molecule has 0 spiro atoms. The average molecular weight is 334 g/mol. The van der Waals surface area contributed by atoms with Crippen LogP contribution in [0.25, 0.3) is 11.0 Å². The van der Waals surface area contributed by atoms with Gasteiger partial charge in [0.2, 0.25) is 5.88 Å². The molecular formula is C19H11FN2O3. The van der Waals surface area contributed by atoms with Crippen molar-refractivity contribution in [2.24, 2.45) is 5.73 Å². The van der Waals surface area contributed by atoms with Gasteiger partial charge in [0.15, 0.2) is 5.75 Å². The molecule has 0 saturated heterocycles. The summed E-state index contributed by atoms with van der Waals surface area (Å²) in [4.78, 5) is 12.6. The molecule has 0 aliphatic carbocycles. The molecule has 2 heterocycles. The number of allylic oxidation sites excluding steroid dienone is 1. The molecule has 0 saturated carbocycles. The molecule has 0 fully saturated rings. The summed E-state index contributed by atoms with van der Waals surface area (Å²) in [6.45, 7) is 0. The average Bonchev–Trinajstić information content (AvgIpc) is 2.61. The van der Waals surface area contributed by atoms with Crippen LogP contribution < -0.4 is 16.1 Å². The van der Waals surface area contributed by atoms with Crippen molar-refractivity contribution in [1.82, 2.24) is 0 Å². The molecule has 25 heavy (non-hydrogen) atoms. The zero-order valence-electron chi connectivity index (χ0n) is 12.8. The van der Waals surface area contributed by atoms with Crippen LogP contribution in [-0.2, 0) is 0 Å². The second kappa shape index (κ2) is 5.49. The van der Waals surface area contributed by atoms with Crippen molar-refractivity contribution in [3.8, 4) is 11.8 Å². The number of nitrogens with zero attached hydrogens (tertiary/aromatic N) is 1. The molecule has 122 valence electrons. The van der Waals surface area contributed by atoms with E-state index in [4.69, 9.17) is 14.9 Å². The van der Waals surface area contributed by atoms with Gasteiger partial charge in [0, 0.05) is 0 Å². The van der Waals surface area contributed by atoms with Gasteiger partial charge in [-0.15, -0.1) is 0 Å². The number of hydrogen-bond acceptors (Lipinski definition) is 5. The Morgan fingerprint density at radius 3 is 2.56 bits per heavy atom. The van der Waals surface area contributed by atoms with Crippen LogP contribution in [0.2, 0.25) is 0 Å². The monoisotopic (exact) mass is 334 g/mol. The van der Waals surface area contributed by atoms with Crippen LogP contribution in [-0.4, -0.2) is 0 Å². The number of hydrogen-bond donors (Lipinski definition) is 1. The number of ether oxygens (including phenoxy) is 1. The molecule has 5 nitrogen and oxygen atoms in total. The van der Waals surface area contributed by atoms with Crippen LogP contribution in [0.1, 0.15) is 17.0 Å². The van der Waals surface area contributed by atoms with E-state index in [0.29, 0.717) is 16.5 Å². The van der Waals surface area contributed by atoms with Gasteiger partial charge < -0.3 is 14.9 Å². The predicted octanol–water partition coefficient (Wildman–Crippen LogP) is 3.15. The van der Waals surface area contributed by atoms with E-state index in [9.17, 15) is 14.4 Å². The minimum atomic E-state index is -0.782. The Hall–Kier alpha value is -3.59. The summed E-state index contributed by atoms with van der Waals surface area (Å²) in [5.74, 6) is -1.02. The zero-order chi connectivity index (χ0) is 17.6. The van der Waals surface area contributed by atoms with Crippen molar-refractivity contribution in [2.75, 3.05) is 0 Å². The molecule has 1 aliphatic heterocycles. The number of para-hydroxylation sites is 1. The third kappa shape index (κ3) is 2.25. The first kappa shape index (κ1) is 15.0. The summed E-state index contributed by atoms with van der Waals surface area (Å²) in [6.07, 6.45) is 0. The number of nitriles is 1. The van der Waals surface area contributed by atoms with Gasteiger partial charge in [-0.05, 0) is 29.8 Å². The molecule has 0 amide bonds. The van der Waals surface area contributed by atoms with Gasteiger partial charge in [0.05, 0.1) is 16.9 Å². The second-order valence-electron chi connectivity index (χ2n) is 5.60. The minimum absolute atomic E-state index is 0.0833. The number of fused-ring (bicyclic) bond motifs is 3. The lowest BCUT2D eigenvalue weighted by molar-refractivity contribution is 0.388. The van der Waals surface area contributed by atoms with Crippen LogP contribution >= 0.6 is 0 Å².